The van der Waals surface area contributed by atoms with E-state index >= 15 is 0 Å². The summed E-state index contributed by atoms with van der Waals surface area (Å²) in [5, 5.41) is 0.622. The predicted molar refractivity (Wildman–Crippen MR) is 107 cm³/mol. The van der Waals surface area contributed by atoms with Crippen LogP contribution in [0.4, 0.5) is 10.1 Å². The van der Waals surface area contributed by atoms with Crippen LogP contribution in [0.2, 0.25) is 0 Å². The molecule has 1 amide bonds. The zero-order valence-electron chi connectivity index (χ0n) is 16.2. The zero-order valence-corrected chi connectivity index (χ0v) is 16.2. The van der Waals surface area contributed by atoms with E-state index in [2.05, 4.69) is 11.8 Å². The van der Waals surface area contributed by atoms with Crippen molar-refractivity contribution in [1.82, 2.24) is 4.90 Å². The molecule has 0 radical (unpaired) electrons. The Labute approximate surface area is 163 Å². The van der Waals surface area contributed by atoms with Crippen molar-refractivity contribution in [3.05, 3.63) is 59.6 Å². The largest absolute Gasteiger partial charge is 0.485 e. The van der Waals surface area contributed by atoms with Crippen LogP contribution in [0.5, 0.6) is 5.75 Å². The Bertz CT molecular complexity index is 1030. The number of halogens is 1. The van der Waals surface area contributed by atoms with Gasteiger partial charge in [0.2, 0.25) is 0 Å². The lowest BCUT2D eigenvalue weighted by Gasteiger charge is -2.37. The number of furan rings is 1. The number of ether oxygens (including phenoxy) is 1. The quantitative estimate of drug-likeness (QED) is 0.677. The van der Waals surface area contributed by atoms with E-state index in [0.717, 1.165) is 18.0 Å². The molecule has 2 heterocycles. The van der Waals surface area contributed by atoms with Crippen molar-refractivity contribution in [2.24, 2.45) is 0 Å². The highest BCUT2D eigenvalue weighted by atomic mass is 19.1. The van der Waals surface area contributed by atoms with Crippen molar-refractivity contribution < 1.29 is 18.3 Å². The molecular weight excluding hydrogens is 359 g/mol. The highest BCUT2D eigenvalue weighted by Crippen LogP contribution is 2.33. The van der Waals surface area contributed by atoms with Crippen LogP contribution in [-0.4, -0.2) is 43.6 Å². The number of anilines is 1. The van der Waals surface area contributed by atoms with Gasteiger partial charge < -0.3 is 19.0 Å². The Morgan fingerprint density at radius 1 is 1.29 bits per heavy atom. The van der Waals surface area contributed by atoms with Crippen LogP contribution in [-0.2, 0) is 0 Å². The van der Waals surface area contributed by atoms with Gasteiger partial charge in [-0.3, -0.25) is 4.79 Å². The second-order valence-electron chi connectivity index (χ2n) is 7.13. The Kier molecular flexibility index (Phi) is 4.71. The van der Waals surface area contributed by atoms with Gasteiger partial charge in [-0.25, -0.2) is 4.39 Å². The van der Waals surface area contributed by atoms with Gasteiger partial charge >= 0.3 is 0 Å². The van der Waals surface area contributed by atoms with Crippen molar-refractivity contribution in [2.75, 3.05) is 31.6 Å². The molecule has 0 bridgehead atoms. The lowest BCUT2D eigenvalue weighted by molar-refractivity contribution is 0.0681. The summed E-state index contributed by atoms with van der Waals surface area (Å²) >= 11 is 0. The number of likely N-dealkylation sites (N-methyl/N-ethyl adjacent to an activating group) is 2. The molecule has 5 nitrogen and oxygen atoms in total. The maximum absolute atomic E-state index is 13.5. The van der Waals surface area contributed by atoms with Gasteiger partial charge in [0.05, 0.1) is 18.8 Å². The van der Waals surface area contributed by atoms with Crippen molar-refractivity contribution in [2.45, 2.75) is 20.0 Å². The molecule has 3 aromatic rings. The third-order valence-electron chi connectivity index (χ3n) is 5.22. The highest BCUT2D eigenvalue weighted by Gasteiger charge is 2.28. The fourth-order valence-electron chi connectivity index (χ4n) is 3.73. The number of fused-ring (bicyclic) bond motifs is 2. The molecule has 0 fully saturated rings. The summed E-state index contributed by atoms with van der Waals surface area (Å²) in [7, 11) is 1.73. The number of nitrogens with zero attached hydrogens (tertiary/aromatic N) is 2. The molecule has 0 unspecified atom stereocenters. The lowest BCUT2D eigenvalue weighted by atomic mass is 10.1. The monoisotopic (exact) mass is 382 g/mol. The topological polar surface area (TPSA) is 45.9 Å². The molecule has 2 aromatic carbocycles. The molecule has 28 heavy (non-hydrogen) atoms. The molecule has 0 saturated heterocycles. The van der Waals surface area contributed by atoms with Crippen LogP contribution in [0.1, 0.15) is 23.0 Å². The minimum Gasteiger partial charge on any atom is -0.485 e. The van der Waals surface area contributed by atoms with Crippen LogP contribution in [0.15, 0.2) is 46.9 Å². The number of aryl methyl sites for hydroxylation is 1. The minimum absolute atomic E-state index is 0.147. The van der Waals surface area contributed by atoms with Crippen molar-refractivity contribution >= 4 is 22.6 Å². The minimum atomic E-state index is -0.349. The van der Waals surface area contributed by atoms with E-state index in [0.29, 0.717) is 29.6 Å². The fraction of sp³-hybridized carbons (Fsp3) is 0.318. The second kappa shape index (κ2) is 7.19. The standard InChI is InChI=1S/C22H23FN2O3/c1-4-25-13-16(27-20-8-6-5-7-18(20)25)12-24(3)22(26)21-14(2)17-11-15(23)9-10-19(17)28-21/h5-11,16H,4,12-13H2,1-3H3/t16-/m1/s1. The van der Waals surface area contributed by atoms with Gasteiger partial charge in [-0.2, -0.15) is 0 Å². The first-order valence-corrected chi connectivity index (χ1v) is 9.42. The number of para-hydroxylation sites is 2. The second-order valence-corrected chi connectivity index (χ2v) is 7.13. The van der Waals surface area contributed by atoms with Crippen LogP contribution < -0.4 is 9.64 Å². The van der Waals surface area contributed by atoms with Crippen LogP contribution in [0.3, 0.4) is 0 Å². The summed E-state index contributed by atoms with van der Waals surface area (Å²) in [4.78, 5) is 16.8. The SMILES string of the molecule is CCN1C[C@@H](CN(C)C(=O)c2oc3ccc(F)cc3c2C)Oc2ccccc21. The Balaban J connectivity index is 1.53. The summed E-state index contributed by atoms with van der Waals surface area (Å²) in [6, 6.07) is 12.2. The lowest BCUT2D eigenvalue weighted by Crippen LogP contribution is -2.46. The molecule has 1 atom stereocenters. The molecule has 0 aliphatic carbocycles. The molecule has 1 aliphatic rings. The average Bonchev–Trinajstić information content (AvgIpc) is 3.02. The van der Waals surface area contributed by atoms with E-state index in [4.69, 9.17) is 9.15 Å². The van der Waals surface area contributed by atoms with E-state index in [1.54, 1.807) is 24.9 Å². The predicted octanol–water partition coefficient (Wildman–Crippen LogP) is 4.24. The first kappa shape index (κ1) is 18.3. The van der Waals surface area contributed by atoms with Crippen LogP contribution >= 0.6 is 0 Å². The normalized spacial score (nSPS) is 16.0. The van der Waals surface area contributed by atoms with Crippen LogP contribution in [0.25, 0.3) is 11.0 Å². The number of carbonyl (C=O) groups is 1. The smallest absolute Gasteiger partial charge is 0.289 e. The van der Waals surface area contributed by atoms with E-state index in [1.807, 2.05) is 24.3 Å². The number of amides is 1. The zero-order chi connectivity index (χ0) is 19.8. The molecule has 0 spiro atoms. The fourth-order valence-corrected chi connectivity index (χ4v) is 3.73. The van der Waals surface area contributed by atoms with E-state index < -0.39 is 0 Å². The maximum atomic E-state index is 13.5. The van der Waals surface area contributed by atoms with Crippen molar-refractivity contribution in [3.63, 3.8) is 0 Å². The molecule has 0 saturated carbocycles. The molecule has 4 rings (SSSR count). The first-order valence-electron chi connectivity index (χ1n) is 9.42. The van der Waals surface area contributed by atoms with Gasteiger partial charge in [0, 0.05) is 24.5 Å². The van der Waals surface area contributed by atoms with Gasteiger partial charge in [-0.05, 0) is 44.2 Å². The first-order chi connectivity index (χ1) is 13.5. The Morgan fingerprint density at radius 2 is 2.07 bits per heavy atom. The molecule has 1 aromatic heterocycles. The van der Waals surface area contributed by atoms with Gasteiger partial charge in [0.1, 0.15) is 23.3 Å². The number of hydrogen-bond acceptors (Lipinski definition) is 4. The van der Waals surface area contributed by atoms with Gasteiger partial charge in [-0.1, -0.05) is 12.1 Å². The third kappa shape index (κ3) is 3.19. The number of carbonyl (C=O) groups excluding carboxylic acids is 1. The summed E-state index contributed by atoms with van der Waals surface area (Å²) in [5.41, 5.74) is 2.23. The van der Waals surface area contributed by atoms with Crippen molar-refractivity contribution in [1.29, 1.82) is 0 Å². The maximum Gasteiger partial charge on any atom is 0.289 e. The molecule has 0 N–H and O–H groups in total. The van der Waals surface area contributed by atoms with Crippen molar-refractivity contribution in [3.8, 4) is 5.75 Å². The van der Waals surface area contributed by atoms with Crippen LogP contribution in [0, 0.1) is 12.7 Å². The summed E-state index contributed by atoms with van der Waals surface area (Å²) in [6.45, 7) is 5.87. The number of benzene rings is 2. The molecule has 1 aliphatic heterocycles. The Hall–Kier alpha value is -3.02. The molecule has 146 valence electrons. The average molecular weight is 382 g/mol. The van der Waals surface area contributed by atoms with E-state index in [1.165, 1.54) is 12.1 Å². The van der Waals surface area contributed by atoms with E-state index in [-0.39, 0.29) is 23.6 Å². The number of hydrogen-bond donors (Lipinski definition) is 0. The highest BCUT2D eigenvalue weighted by molar-refractivity contribution is 5.98. The number of rotatable bonds is 4. The summed E-state index contributed by atoms with van der Waals surface area (Å²) in [6.07, 6.45) is -0.147. The van der Waals surface area contributed by atoms with Gasteiger partial charge in [-0.15, -0.1) is 0 Å². The molecule has 6 heteroatoms. The van der Waals surface area contributed by atoms with Gasteiger partial charge in [0.25, 0.3) is 5.91 Å². The van der Waals surface area contributed by atoms with E-state index in [9.17, 15) is 9.18 Å². The third-order valence-corrected chi connectivity index (χ3v) is 5.22. The summed E-state index contributed by atoms with van der Waals surface area (Å²) in [5.74, 6) is 0.487. The summed E-state index contributed by atoms with van der Waals surface area (Å²) < 4.78 is 25.4. The van der Waals surface area contributed by atoms with Gasteiger partial charge in [0.15, 0.2) is 5.76 Å². The Morgan fingerprint density at radius 3 is 2.86 bits per heavy atom. The molecular formula is C22H23FN2O3.